The molecule has 0 saturated carbocycles. The van der Waals surface area contributed by atoms with E-state index in [9.17, 15) is 8.42 Å². The van der Waals surface area contributed by atoms with Crippen LogP contribution in [-0.2, 0) is 10.0 Å². The molecule has 0 radical (unpaired) electrons. The van der Waals surface area contributed by atoms with Crippen molar-refractivity contribution in [1.82, 2.24) is 4.31 Å². The molecule has 0 saturated heterocycles. The number of unbranched alkanes of at least 4 members (excludes halogenated alkanes) is 2. The van der Waals surface area contributed by atoms with Crippen LogP contribution in [0, 0.1) is 0 Å². The molecule has 0 atom stereocenters. The zero-order chi connectivity index (χ0) is 14.5. The van der Waals surface area contributed by atoms with E-state index in [1.54, 1.807) is 7.05 Å². The second-order valence-electron chi connectivity index (χ2n) is 4.15. The van der Waals surface area contributed by atoms with Gasteiger partial charge in [0, 0.05) is 18.9 Å². The minimum atomic E-state index is -3.49. The van der Waals surface area contributed by atoms with Gasteiger partial charge in [0.25, 0.3) is 0 Å². The molecular weight excluding hydrogens is 373 g/mol. The van der Waals surface area contributed by atoms with E-state index in [1.807, 2.05) is 0 Å². The van der Waals surface area contributed by atoms with Crippen molar-refractivity contribution in [2.24, 2.45) is 0 Å². The second kappa shape index (κ2) is 7.84. The van der Waals surface area contributed by atoms with Crippen molar-refractivity contribution in [3.63, 3.8) is 0 Å². The van der Waals surface area contributed by atoms with Crippen molar-refractivity contribution in [2.45, 2.75) is 24.2 Å². The Morgan fingerprint density at radius 2 is 1.84 bits per heavy atom. The summed E-state index contributed by atoms with van der Waals surface area (Å²) in [5, 5.41) is 1.53. The fourth-order valence-electron chi connectivity index (χ4n) is 1.54. The molecule has 7 heteroatoms. The van der Waals surface area contributed by atoms with E-state index in [1.165, 1.54) is 22.5 Å². The van der Waals surface area contributed by atoms with Gasteiger partial charge >= 0.3 is 0 Å². The van der Waals surface area contributed by atoms with Gasteiger partial charge in [0.15, 0.2) is 0 Å². The Morgan fingerprint density at radius 3 is 2.42 bits per heavy atom. The average molecular weight is 389 g/mol. The van der Waals surface area contributed by atoms with Crippen LogP contribution in [-0.4, -0.2) is 31.6 Å². The van der Waals surface area contributed by atoms with Crippen LogP contribution >= 0.6 is 39.1 Å². The molecule has 0 fully saturated rings. The maximum absolute atomic E-state index is 12.3. The quantitative estimate of drug-likeness (QED) is 0.519. The van der Waals surface area contributed by atoms with Crippen molar-refractivity contribution < 1.29 is 8.42 Å². The maximum Gasteiger partial charge on any atom is 0.242 e. The summed E-state index contributed by atoms with van der Waals surface area (Å²) in [6.07, 6.45) is 2.87. The summed E-state index contributed by atoms with van der Waals surface area (Å²) in [7, 11) is -1.91. The lowest BCUT2D eigenvalue weighted by molar-refractivity contribution is 0.455. The Balaban J connectivity index is 2.76. The van der Waals surface area contributed by atoms with Crippen LogP contribution in [0.25, 0.3) is 0 Å². The molecule has 0 aliphatic rings. The van der Waals surface area contributed by atoms with Gasteiger partial charge in [-0.3, -0.25) is 0 Å². The van der Waals surface area contributed by atoms with Gasteiger partial charge in [-0.05, 0) is 31.0 Å². The summed E-state index contributed by atoms with van der Waals surface area (Å²) in [5.74, 6) is 0. The van der Waals surface area contributed by atoms with Crippen LogP contribution in [0.1, 0.15) is 19.3 Å². The minimum Gasteiger partial charge on any atom is -0.207 e. The summed E-state index contributed by atoms with van der Waals surface area (Å²) in [6.45, 7) is 0.496. The molecule has 0 spiro atoms. The van der Waals surface area contributed by atoms with Crippen molar-refractivity contribution in [3.05, 3.63) is 28.2 Å². The number of hydrogen-bond donors (Lipinski definition) is 0. The van der Waals surface area contributed by atoms with E-state index in [2.05, 4.69) is 15.9 Å². The number of halogens is 3. The Hall–Kier alpha value is 0.190. The van der Waals surface area contributed by atoms with Crippen molar-refractivity contribution >= 4 is 49.2 Å². The van der Waals surface area contributed by atoms with E-state index < -0.39 is 10.0 Å². The SMILES string of the molecule is CN(CCCCCBr)S(=O)(=O)c1ccc(Cl)c(Cl)c1. The highest BCUT2D eigenvalue weighted by molar-refractivity contribution is 9.09. The number of sulfonamides is 1. The van der Waals surface area contributed by atoms with Gasteiger partial charge < -0.3 is 0 Å². The third kappa shape index (κ3) is 4.90. The number of hydrogen-bond acceptors (Lipinski definition) is 2. The van der Waals surface area contributed by atoms with Crippen molar-refractivity contribution in [1.29, 1.82) is 0 Å². The largest absolute Gasteiger partial charge is 0.242 e. The molecule has 0 heterocycles. The van der Waals surface area contributed by atoms with Gasteiger partial charge in [0.05, 0.1) is 14.9 Å². The monoisotopic (exact) mass is 387 g/mol. The Labute approximate surface area is 133 Å². The first-order chi connectivity index (χ1) is 8.89. The van der Waals surface area contributed by atoms with Crippen molar-refractivity contribution in [3.8, 4) is 0 Å². The first kappa shape index (κ1) is 17.2. The third-order valence-electron chi connectivity index (χ3n) is 2.71. The van der Waals surface area contributed by atoms with Gasteiger partial charge in [-0.25, -0.2) is 12.7 Å². The highest BCUT2D eigenvalue weighted by Crippen LogP contribution is 2.26. The number of alkyl halides is 1. The first-order valence-electron chi connectivity index (χ1n) is 5.87. The van der Waals surface area contributed by atoms with Crippen LogP contribution in [0.3, 0.4) is 0 Å². The van der Waals surface area contributed by atoms with Crippen LogP contribution in [0.5, 0.6) is 0 Å². The van der Waals surface area contributed by atoms with E-state index in [4.69, 9.17) is 23.2 Å². The summed E-state index contributed by atoms with van der Waals surface area (Å²) in [6, 6.07) is 4.35. The number of rotatable bonds is 7. The first-order valence-corrected chi connectivity index (χ1v) is 9.18. The molecule has 3 nitrogen and oxygen atoms in total. The summed E-state index contributed by atoms with van der Waals surface area (Å²) in [5.41, 5.74) is 0. The van der Waals surface area contributed by atoms with E-state index in [0.29, 0.717) is 11.6 Å². The number of nitrogens with zero attached hydrogens (tertiary/aromatic N) is 1. The smallest absolute Gasteiger partial charge is 0.207 e. The minimum absolute atomic E-state index is 0.171. The van der Waals surface area contributed by atoms with Gasteiger partial charge in [0.1, 0.15) is 0 Å². The van der Waals surface area contributed by atoms with Gasteiger partial charge in [-0.15, -0.1) is 0 Å². The molecule has 1 aromatic rings. The second-order valence-corrected chi connectivity index (χ2v) is 7.80. The van der Waals surface area contributed by atoms with E-state index in [-0.39, 0.29) is 9.92 Å². The molecule has 1 rings (SSSR count). The lowest BCUT2D eigenvalue weighted by Crippen LogP contribution is -2.28. The molecule has 0 amide bonds. The molecule has 0 aliphatic heterocycles. The van der Waals surface area contributed by atoms with Crippen LogP contribution in [0.2, 0.25) is 10.0 Å². The van der Waals surface area contributed by atoms with E-state index >= 15 is 0 Å². The molecule has 0 unspecified atom stereocenters. The van der Waals surface area contributed by atoms with E-state index in [0.717, 1.165) is 24.6 Å². The fourth-order valence-corrected chi connectivity index (χ4v) is 3.54. The molecule has 0 bridgehead atoms. The van der Waals surface area contributed by atoms with Gasteiger partial charge in [0.2, 0.25) is 10.0 Å². The lowest BCUT2D eigenvalue weighted by Gasteiger charge is -2.17. The fraction of sp³-hybridized carbons (Fsp3) is 0.500. The highest BCUT2D eigenvalue weighted by Gasteiger charge is 2.20. The molecule has 108 valence electrons. The molecular formula is C12H16BrCl2NO2S. The Kier molecular flexibility index (Phi) is 7.11. The van der Waals surface area contributed by atoms with Gasteiger partial charge in [-0.2, -0.15) is 0 Å². The van der Waals surface area contributed by atoms with Crippen LogP contribution in [0.15, 0.2) is 23.1 Å². The van der Waals surface area contributed by atoms with Crippen LogP contribution in [0.4, 0.5) is 0 Å². The summed E-state index contributed by atoms with van der Waals surface area (Å²) >= 11 is 15.0. The molecule has 0 aliphatic carbocycles. The van der Waals surface area contributed by atoms with Gasteiger partial charge in [-0.1, -0.05) is 45.6 Å². The molecule has 0 aromatic heterocycles. The Morgan fingerprint density at radius 1 is 1.16 bits per heavy atom. The van der Waals surface area contributed by atoms with Crippen LogP contribution < -0.4 is 0 Å². The Bertz CT molecular complexity index is 522. The predicted octanol–water partition coefficient (Wildman–Crippen LogP) is 4.18. The summed E-state index contributed by atoms with van der Waals surface area (Å²) in [4.78, 5) is 0.171. The average Bonchev–Trinajstić information content (AvgIpc) is 2.37. The maximum atomic E-state index is 12.3. The zero-order valence-corrected chi connectivity index (χ0v) is 14.5. The third-order valence-corrected chi connectivity index (χ3v) is 5.86. The molecule has 19 heavy (non-hydrogen) atoms. The van der Waals surface area contributed by atoms with Crippen molar-refractivity contribution in [2.75, 3.05) is 18.9 Å². The standard InChI is InChI=1S/C12H16BrCl2NO2S/c1-16(8-4-2-3-7-13)19(17,18)10-5-6-11(14)12(15)9-10/h5-6,9H,2-4,7-8H2,1H3. The summed E-state index contributed by atoms with van der Waals surface area (Å²) < 4.78 is 25.9. The topological polar surface area (TPSA) is 37.4 Å². The predicted molar refractivity (Wildman–Crippen MR) is 83.9 cm³/mol. The number of benzene rings is 1. The highest BCUT2D eigenvalue weighted by atomic mass is 79.9. The molecule has 0 N–H and O–H groups in total. The zero-order valence-electron chi connectivity index (χ0n) is 10.6. The molecule has 1 aromatic carbocycles. The normalized spacial score (nSPS) is 12.1. The lowest BCUT2D eigenvalue weighted by atomic mass is 10.2.